The summed E-state index contributed by atoms with van der Waals surface area (Å²) in [5.41, 5.74) is 2.94. The minimum atomic E-state index is -0.152. The van der Waals surface area contributed by atoms with E-state index in [1.807, 2.05) is 20.9 Å². The molecular weight excluding hydrogens is 266 g/mol. The topological polar surface area (TPSA) is 64.7 Å². The lowest BCUT2D eigenvalue weighted by Gasteiger charge is -2.06. The Bertz CT molecular complexity index is 609. The van der Waals surface area contributed by atoms with Gasteiger partial charge in [0, 0.05) is 19.8 Å². The predicted octanol–water partition coefficient (Wildman–Crippen LogP) is 1.35. The van der Waals surface area contributed by atoms with Crippen LogP contribution in [0.3, 0.4) is 0 Å². The standard InChI is InChI=1S/C12H16ClN5O/c1-7-11(8(2)17(3)16-7)12(19)14-6-10-9(13)5-15-18(10)4/h5H,6H2,1-4H3,(H,14,19). The maximum Gasteiger partial charge on any atom is 0.255 e. The van der Waals surface area contributed by atoms with Crippen molar-refractivity contribution in [2.24, 2.45) is 14.1 Å². The lowest BCUT2D eigenvalue weighted by Crippen LogP contribution is -2.25. The Labute approximate surface area is 116 Å². The first kappa shape index (κ1) is 13.6. The Morgan fingerprint density at radius 2 is 2.05 bits per heavy atom. The molecule has 1 N–H and O–H groups in total. The lowest BCUT2D eigenvalue weighted by atomic mass is 10.2. The number of carbonyl (C=O) groups excluding carboxylic acids is 1. The lowest BCUT2D eigenvalue weighted by molar-refractivity contribution is 0.0948. The number of halogens is 1. The summed E-state index contributed by atoms with van der Waals surface area (Å²) < 4.78 is 3.34. The van der Waals surface area contributed by atoms with Gasteiger partial charge in [-0.1, -0.05) is 11.6 Å². The van der Waals surface area contributed by atoms with Gasteiger partial charge in [-0.2, -0.15) is 10.2 Å². The summed E-state index contributed by atoms with van der Waals surface area (Å²) in [6.07, 6.45) is 1.56. The molecule has 0 aromatic carbocycles. The fraction of sp³-hybridized carbons (Fsp3) is 0.417. The first-order chi connectivity index (χ1) is 8.91. The van der Waals surface area contributed by atoms with Crippen molar-refractivity contribution in [2.45, 2.75) is 20.4 Å². The molecule has 0 radical (unpaired) electrons. The third kappa shape index (κ3) is 2.49. The Balaban J connectivity index is 2.14. The van der Waals surface area contributed by atoms with Gasteiger partial charge in [0.25, 0.3) is 5.91 Å². The molecule has 2 rings (SSSR count). The Morgan fingerprint density at radius 3 is 2.53 bits per heavy atom. The molecule has 0 aliphatic carbocycles. The molecule has 2 heterocycles. The van der Waals surface area contributed by atoms with E-state index in [1.54, 1.807) is 22.6 Å². The van der Waals surface area contributed by atoms with Crippen LogP contribution in [0.5, 0.6) is 0 Å². The summed E-state index contributed by atoms with van der Waals surface area (Å²) in [4.78, 5) is 12.2. The number of rotatable bonds is 3. The Hall–Kier alpha value is -1.82. The summed E-state index contributed by atoms with van der Waals surface area (Å²) in [7, 11) is 3.60. The van der Waals surface area contributed by atoms with Crippen molar-refractivity contribution in [3.8, 4) is 0 Å². The molecule has 102 valence electrons. The smallest absolute Gasteiger partial charge is 0.255 e. The van der Waals surface area contributed by atoms with Crippen molar-refractivity contribution < 1.29 is 4.79 Å². The van der Waals surface area contributed by atoms with E-state index >= 15 is 0 Å². The van der Waals surface area contributed by atoms with Gasteiger partial charge in [-0.3, -0.25) is 14.2 Å². The molecule has 7 heteroatoms. The first-order valence-electron chi connectivity index (χ1n) is 5.86. The number of aryl methyl sites for hydroxylation is 3. The van der Waals surface area contributed by atoms with Gasteiger partial charge in [0.05, 0.1) is 34.7 Å². The molecule has 2 aromatic rings. The van der Waals surface area contributed by atoms with Crippen molar-refractivity contribution in [3.05, 3.63) is 33.9 Å². The van der Waals surface area contributed by atoms with Crippen LogP contribution in [0.15, 0.2) is 6.20 Å². The fourth-order valence-corrected chi connectivity index (χ4v) is 2.22. The third-order valence-electron chi connectivity index (χ3n) is 3.16. The van der Waals surface area contributed by atoms with E-state index in [1.165, 1.54) is 0 Å². The van der Waals surface area contributed by atoms with Crippen LogP contribution in [0.4, 0.5) is 0 Å². The maximum atomic E-state index is 12.2. The van der Waals surface area contributed by atoms with Crippen LogP contribution >= 0.6 is 11.6 Å². The maximum absolute atomic E-state index is 12.2. The summed E-state index contributed by atoms with van der Waals surface area (Å²) in [5, 5.41) is 11.6. The second-order valence-electron chi connectivity index (χ2n) is 4.41. The van der Waals surface area contributed by atoms with Gasteiger partial charge in [0.1, 0.15) is 0 Å². The number of hydrogen-bond acceptors (Lipinski definition) is 3. The summed E-state index contributed by atoms with van der Waals surface area (Å²) in [6.45, 7) is 4.02. The van der Waals surface area contributed by atoms with Crippen molar-refractivity contribution in [1.29, 1.82) is 0 Å². The summed E-state index contributed by atoms with van der Waals surface area (Å²) in [5.74, 6) is -0.152. The van der Waals surface area contributed by atoms with Crippen LogP contribution < -0.4 is 5.32 Å². The van der Waals surface area contributed by atoms with Gasteiger partial charge in [-0.25, -0.2) is 0 Å². The van der Waals surface area contributed by atoms with Crippen LogP contribution in [0.2, 0.25) is 5.02 Å². The van der Waals surface area contributed by atoms with Crippen LogP contribution in [0.1, 0.15) is 27.4 Å². The normalized spacial score (nSPS) is 10.8. The number of carbonyl (C=O) groups is 1. The molecule has 0 aliphatic rings. The number of hydrogen-bond donors (Lipinski definition) is 1. The molecule has 0 saturated carbocycles. The van der Waals surface area contributed by atoms with E-state index in [0.29, 0.717) is 22.8 Å². The number of nitrogens with one attached hydrogen (secondary N) is 1. The molecular formula is C12H16ClN5O. The van der Waals surface area contributed by atoms with Crippen molar-refractivity contribution in [2.75, 3.05) is 0 Å². The van der Waals surface area contributed by atoms with E-state index in [0.717, 1.165) is 11.4 Å². The second-order valence-corrected chi connectivity index (χ2v) is 4.82. The van der Waals surface area contributed by atoms with E-state index < -0.39 is 0 Å². The zero-order valence-corrected chi connectivity index (χ0v) is 12.1. The van der Waals surface area contributed by atoms with Gasteiger partial charge >= 0.3 is 0 Å². The van der Waals surface area contributed by atoms with E-state index in [9.17, 15) is 4.79 Å². The molecule has 6 nitrogen and oxygen atoms in total. The predicted molar refractivity (Wildman–Crippen MR) is 72.1 cm³/mol. The minimum absolute atomic E-state index is 0.152. The fourth-order valence-electron chi connectivity index (χ4n) is 1.99. The third-order valence-corrected chi connectivity index (χ3v) is 3.48. The van der Waals surface area contributed by atoms with Crippen LogP contribution in [0, 0.1) is 13.8 Å². The highest BCUT2D eigenvalue weighted by Gasteiger charge is 2.17. The molecule has 0 spiro atoms. The van der Waals surface area contributed by atoms with Gasteiger partial charge in [0.15, 0.2) is 0 Å². The molecule has 19 heavy (non-hydrogen) atoms. The van der Waals surface area contributed by atoms with Gasteiger partial charge in [-0.15, -0.1) is 0 Å². The highest BCUT2D eigenvalue weighted by Crippen LogP contribution is 2.15. The van der Waals surface area contributed by atoms with Crippen molar-refractivity contribution in [1.82, 2.24) is 24.9 Å². The Kier molecular flexibility index (Phi) is 3.61. The molecule has 0 aliphatic heterocycles. The Morgan fingerprint density at radius 1 is 1.37 bits per heavy atom. The van der Waals surface area contributed by atoms with Crippen LogP contribution in [0.25, 0.3) is 0 Å². The molecule has 0 fully saturated rings. The van der Waals surface area contributed by atoms with Gasteiger partial charge < -0.3 is 5.32 Å². The second kappa shape index (κ2) is 5.05. The highest BCUT2D eigenvalue weighted by atomic mass is 35.5. The van der Waals surface area contributed by atoms with Gasteiger partial charge in [-0.05, 0) is 13.8 Å². The van der Waals surface area contributed by atoms with Crippen LogP contribution in [-0.4, -0.2) is 25.5 Å². The molecule has 0 saturated heterocycles. The van der Waals surface area contributed by atoms with E-state index in [2.05, 4.69) is 15.5 Å². The monoisotopic (exact) mass is 281 g/mol. The number of aromatic nitrogens is 4. The zero-order chi connectivity index (χ0) is 14.2. The molecule has 0 unspecified atom stereocenters. The quantitative estimate of drug-likeness (QED) is 0.924. The van der Waals surface area contributed by atoms with Crippen molar-refractivity contribution >= 4 is 17.5 Å². The van der Waals surface area contributed by atoms with Gasteiger partial charge in [0.2, 0.25) is 0 Å². The van der Waals surface area contributed by atoms with Crippen molar-refractivity contribution in [3.63, 3.8) is 0 Å². The highest BCUT2D eigenvalue weighted by molar-refractivity contribution is 6.31. The number of nitrogens with zero attached hydrogens (tertiary/aromatic N) is 4. The van der Waals surface area contributed by atoms with E-state index in [-0.39, 0.29) is 5.91 Å². The minimum Gasteiger partial charge on any atom is -0.346 e. The average molecular weight is 282 g/mol. The first-order valence-corrected chi connectivity index (χ1v) is 6.24. The summed E-state index contributed by atoms with van der Waals surface area (Å²) in [6, 6.07) is 0. The zero-order valence-electron chi connectivity index (χ0n) is 11.4. The van der Waals surface area contributed by atoms with Crippen LogP contribution in [-0.2, 0) is 20.6 Å². The molecule has 0 bridgehead atoms. The SMILES string of the molecule is Cc1nn(C)c(C)c1C(=O)NCc1c(Cl)cnn1C. The van der Waals surface area contributed by atoms with E-state index in [4.69, 9.17) is 11.6 Å². The average Bonchev–Trinajstić information content (AvgIpc) is 2.78. The molecule has 1 amide bonds. The molecule has 2 aromatic heterocycles. The largest absolute Gasteiger partial charge is 0.346 e. The number of amides is 1. The summed E-state index contributed by atoms with van der Waals surface area (Å²) >= 11 is 5.99. The molecule has 0 atom stereocenters.